The molecule has 1 aromatic carbocycles. The Balaban J connectivity index is 1.97. The molecule has 106 valence electrons. The van der Waals surface area contributed by atoms with E-state index in [0.29, 0.717) is 24.6 Å². The zero-order valence-electron chi connectivity index (χ0n) is 10.4. The molecule has 1 aliphatic heterocycles. The van der Waals surface area contributed by atoms with Gasteiger partial charge in [-0.1, -0.05) is 6.07 Å². The monoisotopic (exact) mass is 276 g/mol. The average molecular weight is 276 g/mol. The lowest BCUT2D eigenvalue weighted by molar-refractivity contribution is -0.137. The molecule has 19 heavy (non-hydrogen) atoms. The van der Waals surface area contributed by atoms with Gasteiger partial charge in [0.15, 0.2) is 0 Å². The Labute approximate surface area is 109 Å². The van der Waals surface area contributed by atoms with Crippen molar-refractivity contribution < 1.29 is 17.6 Å². The summed E-state index contributed by atoms with van der Waals surface area (Å²) in [6.07, 6.45) is -4.05. The van der Waals surface area contributed by atoms with Crippen LogP contribution < -0.4 is 5.32 Å². The first kappa shape index (κ1) is 14.3. The molecule has 0 amide bonds. The van der Waals surface area contributed by atoms with E-state index in [4.69, 9.17) is 0 Å². The molecule has 0 bridgehead atoms. The minimum atomic E-state index is -4.49. The summed E-state index contributed by atoms with van der Waals surface area (Å²) in [5.41, 5.74) is -0.595. The maximum Gasteiger partial charge on any atom is 0.416 e. The van der Waals surface area contributed by atoms with Gasteiger partial charge < -0.3 is 10.2 Å². The Kier molecular flexibility index (Phi) is 4.42. The predicted octanol–water partition coefficient (Wildman–Crippen LogP) is 2.29. The average Bonchev–Trinajstić information content (AvgIpc) is 2.37. The molecule has 1 aliphatic rings. The second kappa shape index (κ2) is 5.88. The number of hydrogen-bond acceptors (Lipinski definition) is 2. The van der Waals surface area contributed by atoms with Crippen molar-refractivity contribution in [1.82, 2.24) is 10.2 Å². The zero-order valence-corrected chi connectivity index (χ0v) is 10.4. The van der Waals surface area contributed by atoms with Crippen molar-refractivity contribution in [1.29, 1.82) is 0 Å². The molecule has 0 spiro atoms. The van der Waals surface area contributed by atoms with Crippen LogP contribution >= 0.6 is 0 Å². The van der Waals surface area contributed by atoms with E-state index in [1.54, 1.807) is 0 Å². The van der Waals surface area contributed by atoms with Gasteiger partial charge in [0.25, 0.3) is 0 Å². The number of piperazine rings is 1. The molecule has 1 aromatic rings. The topological polar surface area (TPSA) is 15.3 Å². The normalized spacial score (nSPS) is 17.7. The van der Waals surface area contributed by atoms with Crippen LogP contribution in [0.4, 0.5) is 17.6 Å². The summed E-state index contributed by atoms with van der Waals surface area (Å²) in [5.74, 6) is -0.773. The van der Waals surface area contributed by atoms with Gasteiger partial charge in [0.2, 0.25) is 0 Å². The highest BCUT2D eigenvalue weighted by atomic mass is 19.4. The number of hydrogen-bond donors (Lipinski definition) is 1. The second-order valence-corrected chi connectivity index (χ2v) is 4.65. The summed E-state index contributed by atoms with van der Waals surface area (Å²) in [7, 11) is 0. The fraction of sp³-hybridized carbons (Fsp3) is 0.538. The van der Waals surface area contributed by atoms with Gasteiger partial charge in [-0.2, -0.15) is 13.2 Å². The molecule has 1 saturated heterocycles. The van der Waals surface area contributed by atoms with Crippen molar-refractivity contribution in [2.75, 3.05) is 32.7 Å². The van der Waals surface area contributed by atoms with Crippen LogP contribution in [0.1, 0.15) is 11.1 Å². The van der Waals surface area contributed by atoms with Crippen LogP contribution in [0.15, 0.2) is 18.2 Å². The standard InChI is InChI=1S/C13H16F4N2/c14-12-9-11(13(15,16)17)2-1-10(12)3-6-19-7-4-18-5-8-19/h1-2,9,18H,3-8H2. The molecule has 0 unspecified atom stereocenters. The summed E-state index contributed by atoms with van der Waals surface area (Å²) in [6.45, 7) is 4.25. The second-order valence-electron chi connectivity index (χ2n) is 4.65. The SMILES string of the molecule is Fc1cc(C(F)(F)F)ccc1CCN1CCNCC1. The summed E-state index contributed by atoms with van der Waals surface area (Å²) in [5, 5.41) is 3.21. The fourth-order valence-electron chi connectivity index (χ4n) is 2.14. The van der Waals surface area contributed by atoms with Crippen molar-refractivity contribution in [2.24, 2.45) is 0 Å². The van der Waals surface area contributed by atoms with Crippen molar-refractivity contribution in [3.8, 4) is 0 Å². The maximum atomic E-state index is 13.6. The minimum Gasteiger partial charge on any atom is -0.314 e. The summed E-state index contributed by atoms with van der Waals surface area (Å²) in [6, 6.07) is 2.75. The third-order valence-corrected chi connectivity index (χ3v) is 3.29. The molecule has 6 heteroatoms. The van der Waals surface area contributed by atoms with Crippen molar-refractivity contribution in [2.45, 2.75) is 12.6 Å². The molecule has 0 radical (unpaired) electrons. The number of rotatable bonds is 3. The van der Waals surface area contributed by atoms with Gasteiger partial charge in [-0.05, 0) is 24.1 Å². The largest absolute Gasteiger partial charge is 0.416 e. The molecule has 1 heterocycles. The van der Waals surface area contributed by atoms with Crippen LogP contribution in [0.2, 0.25) is 0 Å². The lowest BCUT2D eigenvalue weighted by Gasteiger charge is -2.27. The molecule has 0 aliphatic carbocycles. The lowest BCUT2D eigenvalue weighted by Crippen LogP contribution is -2.44. The first-order valence-electron chi connectivity index (χ1n) is 6.25. The van der Waals surface area contributed by atoms with Gasteiger partial charge in [-0.25, -0.2) is 4.39 Å². The first-order chi connectivity index (χ1) is 8.97. The van der Waals surface area contributed by atoms with Gasteiger partial charge in [0.1, 0.15) is 5.82 Å². The Morgan fingerprint density at radius 2 is 1.84 bits per heavy atom. The highest BCUT2D eigenvalue weighted by Gasteiger charge is 2.31. The highest BCUT2D eigenvalue weighted by molar-refractivity contribution is 5.26. The van der Waals surface area contributed by atoms with Gasteiger partial charge in [0.05, 0.1) is 5.56 Å². The lowest BCUT2D eigenvalue weighted by atomic mass is 10.1. The quantitative estimate of drug-likeness (QED) is 0.852. The minimum absolute atomic E-state index is 0.339. The number of alkyl halides is 3. The molecule has 0 aromatic heterocycles. The van der Waals surface area contributed by atoms with Gasteiger partial charge >= 0.3 is 6.18 Å². The van der Waals surface area contributed by atoms with E-state index in [9.17, 15) is 17.6 Å². The molecule has 1 fully saturated rings. The predicted molar refractivity (Wildman–Crippen MR) is 64.4 cm³/mol. The highest BCUT2D eigenvalue weighted by Crippen LogP contribution is 2.30. The Hall–Kier alpha value is -1.14. The zero-order chi connectivity index (χ0) is 13.9. The summed E-state index contributed by atoms with van der Waals surface area (Å²) < 4.78 is 50.8. The molecule has 1 N–H and O–H groups in total. The van der Waals surface area contributed by atoms with E-state index in [0.717, 1.165) is 32.2 Å². The van der Waals surface area contributed by atoms with E-state index in [1.807, 2.05) is 0 Å². The van der Waals surface area contributed by atoms with E-state index >= 15 is 0 Å². The first-order valence-corrected chi connectivity index (χ1v) is 6.25. The smallest absolute Gasteiger partial charge is 0.314 e. The summed E-state index contributed by atoms with van der Waals surface area (Å²) >= 11 is 0. The van der Waals surface area contributed by atoms with Crippen molar-refractivity contribution >= 4 is 0 Å². The molecular formula is C13H16F4N2. The third-order valence-electron chi connectivity index (χ3n) is 3.29. The van der Waals surface area contributed by atoms with Crippen LogP contribution in [0.25, 0.3) is 0 Å². The number of benzene rings is 1. The van der Waals surface area contributed by atoms with E-state index in [2.05, 4.69) is 10.2 Å². The molecule has 2 rings (SSSR count). The maximum absolute atomic E-state index is 13.6. The van der Waals surface area contributed by atoms with Crippen LogP contribution in [-0.2, 0) is 12.6 Å². The Morgan fingerprint density at radius 3 is 2.42 bits per heavy atom. The van der Waals surface area contributed by atoms with E-state index in [-0.39, 0.29) is 0 Å². The molecule has 0 atom stereocenters. The molecule has 0 saturated carbocycles. The molecule has 2 nitrogen and oxygen atoms in total. The molecular weight excluding hydrogens is 260 g/mol. The Morgan fingerprint density at radius 1 is 1.16 bits per heavy atom. The third kappa shape index (κ3) is 3.91. The van der Waals surface area contributed by atoms with Crippen molar-refractivity contribution in [3.05, 3.63) is 35.1 Å². The van der Waals surface area contributed by atoms with Crippen molar-refractivity contribution in [3.63, 3.8) is 0 Å². The number of nitrogens with one attached hydrogen (secondary N) is 1. The summed E-state index contributed by atoms with van der Waals surface area (Å²) in [4.78, 5) is 2.17. The van der Waals surface area contributed by atoms with Crippen LogP contribution in [-0.4, -0.2) is 37.6 Å². The van der Waals surface area contributed by atoms with Crippen LogP contribution in [0.5, 0.6) is 0 Å². The Bertz CT molecular complexity index is 425. The number of halogens is 4. The van der Waals surface area contributed by atoms with Gasteiger partial charge in [0, 0.05) is 32.7 Å². The van der Waals surface area contributed by atoms with E-state index < -0.39 is 17.6 Å². The number of nitrogens with zero attached hydrogens (tertiary/aromatic N) is 1. The fourth-order valence-corrected chi connectivity index (χ4v) is 2.14. The van der Waals surface area contributed by atoms with E-state index in [1.165, 1.54) is 6.07 Å². The van der Waals surface area contributed by atoms with Crippen LogP contribution in [0.3, 0.4) is 0 Å². The van der Waals surface area contributed by atoms with Gasteiger partial charge in [-0.3, -0.25) is 0 Å². The van der Waals surface area contributed by atoms with Crippen LogP contribution in [0, 0.1) is 5.82 Å². The van der Waals surface area contributed by atoms with Gasteiger partial charge in [-0.15, -0.1) is 0 Å².